The molecule has 3 rings (SSSR count). The molecule has 0 radical (unpaired) electrons. The van der Waals surface area contributed by atoms with Crippen LogP contribution < -0.4 is 5.32 Å². The highest BCUT2D eigenvalue weighted by Crippen LogP contribution is 2.38. The van der Waals surface area contributed by atoms with Crippen molar-refractivity contribution in [2.24, 2.45) is 0 Å². The molecule has 0 saturated heterocycles. The van der Waals surface area contributed by atoms with Crippen molar-refractivity contribution in [1.29, 1.82) is 0 Å². The molecular weight excluding hydrogens is 286 g/mol. The molecule has 1 aromatic rings. The van der Waals surface area contributed by atoms with E-state index in [0.29, 0.717) is 6.04 Å². The SMILES string of the molecule is O=C(NC1CCC(SC2CCCCC2)C1)c1cccs1. The summed E-state index contributed by atoms with van der Waals surface area (Å²) in [5.74, 6) is 0.119. The number of thioether (sulfide) groups is 1. The fourth-order valence-corrected chi connectivity index (χ4v) is 5.72. The Morgan fingerprint density at radius 3 is 2.75 bits per heavy atom. The lowest BCUT2D eigenvalue weighted by atomic mass is 10.0. The fourth-order valence-electron chi connectivity index (χ4n) is 3.33. The molecule has 2 fully saturated rings. The molecule has 1 heterocycles. The van der Waals surface area contributed by atoms with Gasteiger partial charge in [0.15, 0.2) is 0 Å². The molecule has 1 N–H and O–H groups in total. The zero-order valence-electron chi connectivity index (χ0n) is 11.8. The van der Waals surface area contributed by atoms with Crippen LogP contribution in [0.5, 0.6) is 0 Å². The molecule has 1 aromatic heterocycles. The highest BCUT2D eigenvalue weighted by atomic mass is 32.2. The van der Waals surface area contributed by atoms with E-state index in [4.69, 9.17) is 0 Å². The number of carbonyl (C=O) groups excluding carboxylic acids is 1. The summed E-state index contributed by atoms with van der Waals surface area (Å²) < 4.78 is 0. The van der Waals surface area contributed by atoms with E-state index < -0.39 is 0 Å². The van der Waals surface area contributed by atoms with E-state index in [9.17, 15) is 4.79 Å². The molecule has 0 spiro atoms. The summed E-state index contributed by atoms with van der Waals surface area (Å²) in [6.07, 6.45) is 10.7. The number of hydrogen-bond acceptors (Lipinski definition) is 3. The summed E-state index contributed by atoms with van der Waals surface area (Å²) in [4.78, 5) is 12.9. The number of carbonyl (C=O) groups is 1. The van der Waals surface area contributed by atoms with Crippen molar-refractivity contribution in [3.63, 3.8) is 0 Å². The van der Waals surface area contributed by atoms with Crippen molar-refractivity contribution in [3.05, 3.63) is 22.4 Å². The number of amides is 1. The van der Waals surface area contributed by atoms with Crippen LogP contribution in [0.2, 0.25) is 0 Å². The topological polar surface area (TPSA) is 29.1 Å². The van der Waals surface area contributed by atoms with Gasteiger partial charge in [-0.05, 0) is 43.6 Å². The van der Waals surface area contributed by atoms with E-state index in [1.165, 1.54) is 49.9 Å². The Labute approximate surface area is 129 Å². The van der Waals surface area contributed by atoms with E-state index in [1.807, 2.05) is 17.5 Å². The third-order valence-electron chi connectivity index (χ3n) is 4.40. The van der Waals surface area contributed by atoms with Gasteiger partial charge in [0.25, 0.3) is 5.91 Å². The van der Waals surface area contributed by atoms with Gasteiger partial charge in [0, 0.05) is 16.5 Å². The minimum atomic E-state index is 0.119. The largest absolute Gasteiger partial charge is 0.349 e. The van der Waals surface area contributed by atoms with Crippen molar-refractivity contribution < 1.29 is 4.79 Å². The van der Waals surface area contributed by atoms with Crippen LogP contribution in [-0.2, 0) is 0 Å². The van der Waals surface area contributed by atoms with Crippen LogP contribution in [0.3, 0.4) is 0 Å². The normalized spacial score (nSPS) is 27.6. The van der Waals surface area contributed by atoms with E-state index in [0.717, 1.165) is 28.2 Å². The van der Waals surface area contributed by atoms with Crippen LogP contribution in [0.1, 0.15) is 61.0 Å². The molecule has 2 atom stereocenters. The number of nitrogens with one attached hydrogen (secondary N) is 1. The van der Waals surface area contributed by atoms with Crippen LogP contribution in [0.4, 0.5) is 0 Å². The lowest BCUT2D eigenvalue weighted by Gasteiger charge is -2.24. The molecular formula is C16H23NOS2. The molecule has 1 amide bonds. The van der Waals surface area contributed by atoms with Crippen LogP contribution in [0.15, 0.2) is 17.5 Å². The highest BCUT2D eigenvalue weighted by molar-refractivity contribution is 8.00. The van der Waals surface area contributed by atoms with Gasteiger partial charge in [0.2, 0.25) is 0 Å². The van der Waals surface area contributed by atoms with Gasteiger partial charge in [0.1, 0.15) is 0 Å². The minimum Gasteiger partial charge on any atom is -0.349 e. The molecule has 2 nitrogen and oxygen atoms in total. The van der Waals surface area contributed by atoms with Crippen LogP contribution in [0, 0.1) is 0 Å². The predicted octanol–water partition coefficient (Wildman–Crippen LogP) is 4.46. The highest BCUT2D eigenvalue weighted by Gasteiger charge is 2.29. The molecule has 2 aliphatic carbocycles. The van der Waals surface area contributed by atoms with Gasteiger partial charge in [0.05, 0.1) is 4.88 Å². The van der Waals surface area contributed by atoms with E-state index >= 15 is 0 Å². The van der Waals surface area contributed by atoms with Gasteiger partial charge in [-0.1, -0.05) is 25.3 Å². The molecule has 2 saturated carbocycles. The van der Waals surface area contributed by atoms with Gasteiger partial charge in [-0.15, -0.1) is 11.3 Å². The number of hydrogen-bond donors (Lipinski definition) is 1. The summed E-state index contributed by atoms with van der Waals surface area (Å²) >= 11 is 3.73. The first-order valence-electron chi connectivity index (χ1n) is 7.81. The zero-order chi connectivity index (χ0) is 13.8. The standard InChI is InChI=1S/C16H23NOS2/c18-16(15-7-4-10-19-15)17-12-8-9-14(11-12)20-13-5-2-1-3-6-13/h4,7,10,12-14H,1-3,5-6,8-9,11H2,(H,17,18). The van der Waals surface area contributed by atoms with Gasteiger partial charge in [-0.2, -0.15) is 11.8 Å². The number of thiophene rings is 1. The van der Waals surface area contributed by atoms with Gasteiger partial charge in [-0.3, -0.25) is 4.79 Å². The molecule has 20 heavy (non-hydrogen) atoms. The lowest BCUT2D eigenvalue weighted by molar-refractivity contribution is 0.0942. The second kappa shape index (κ2) is 6.99. The third-order valence-corrected chi connectivity index (χ3v) is 6.94. The maximum atomic E-state index is 12.1. The van der Waals surface area contributed by atoms with Gasteiger partial charge in [-0.25, -0.2) is 0 Å². The Balaban J connectivity index is 1.43. The molecule has 0 aliphatic heterocycles. The maximum absolute atomic E-state index is 12.1. The molecule has 0 aromatic carbocycles. The molecule has 2 aliphatic rings. The van der Waals surface area contributed by atoms with E-state index in [2.05, 4.69) is 17.1 Å². The van der Waals surface area contributed by atoms with Crippen molar-refractivity contribution in [2.45, 2.75) is 67.9 Å². The molecule has 4 heteroatoms. The number of rotatable bonds is 4. The first-order chi connectivity index (χ1) is 9.81. The molecule has 2 unspecified atom stereocenters. The summed E-state index contributed by atoms with van der Waals surface area (Å²) in [6, 6.07) is 4.24. The van der Waals surface area contributed by atoms with Crippen molar-refractivity contribution in [2.75, 3.05) is 0 Å². The van der Waals surface area contributed by atoms with Crippen molar-refractivity contribution in [1.82, 2.24) is 5.32 Å². The Morgan fingerprint density at radius 1 is 1.15 bits per heavy atom. The van der Waals surface area contributed by atoms with Gasteiger partial charge < -0.3 is 5.32 Å². The van der Waals surface area contributed by atoms with E-state index in [-0.39, 0.29) is 5.91 Å². The average molecular weight is 309 g/mol. The smallest absolute Gasteiger partial charge is 0.261 e. The second-order valence-electron chi connectivity index (χ2n) is 5.98. The Bertz CT molecular complexity index is 426. The van der Waals surface area contributed by atoms with Gasteiger partial charge >= 0.3 is 0 Å². The van der Waals surface area contributed by atoms with Crippen LogP contribution in [0.25, 0.3) is 0 Å². The summed E-state index contributed by atoms with van der Waals surface area (Å²) in [7, 11) is 0. The fraction of sp³-hybridized carbons (Fsp3) is 0.688. The molecule has 0 bridgehead atoms. The Kier molecular flexibility index (Phi) is 5.05. The predicted molar refractivity (Wildman–Crippen MR) is 87.7 cm³/mol. The summed E-state index contributed by atoms with van der Waals surface area (Å²) in [6.45, 7) is 0. The van der Waals surface area contributed by atoms with Crippen molar-refractivity contribution >= 4 is 29.0 Å². The van der Waals surface area contributed by atoms with E-state index in [1.54, 1.807) is 0 Å². The quantitative estimate of drug-likeness (QED) is 0.889. The lowest BCUT2D eigenvalue weighted by Crippen LogP contribution is -2.32. The third kappa shape index (κ3) is 3.79. The summed E-state index contributed by atoms with van der Waals surface area (Å²) in [5.41, 5.74) is 0. The minimum absolute atomic E-state index is 0.119. The average Bonchev–Trinajstić information content (AvgIpc) is 3.11. The molecule has 110 valence electrons. The first-order valence-corrected chi connectivity index (χ1v) is 9.63. The van der Waals surface area contributed by atoms with Crippen molar-refractivity contribution in [3.8, 4) is 0 Å². The zero-order valence-corrected chi connectivity index (χ0v) is 13.5. The Morgan fingerprint density at radius 2 is 2.00 bits per heavy atom. The summed E-state index contributed by atoms with van der Waals surface area (Å²) in [5, 5.41) is 6.83. The Hall–Kier alpha value is -0.480. The van der Waals surface area contributed by atoms with Crippen LogP contribution in [-0.4, -0.2) is 22.4 Å². The van der Waals surface area contributed by atoms with Crippen LogP contribution >= 0.6 is 23.1 Å². The maximum Gasteiger partial charge on any atom is 0.261 e. The first kappa shape index (κ1) is 14.5. The second-order valence-corrected chi connectivity index (χ2v) is 8.53. The monoisotopic (exact) mass is 309 g/mol.